The van der Waals surface area contributed by atoms with Gasteiger partial charge in [0.2, 0.25) is 11.7 Å². The van der Waals surface area contributed by atoms with Gasteiger partial charge in [0.25, 0.3) is 5.89 Å². The first-order valence-electron chi connectivity index (χ1n) is 7.17. The molecule has 0 aliphatic rings. The first-order chi connectivity index (χ1) is 12.0. The summed E-state index contributed by atoms with van der Waals surface area (Å²) in [6, 6.07) is 10.3. The zero-order valence-electron chi connectivity index (χ0n) is 13.0. The summed E-state index contributed by atoms with van der Waals surface area (Å²) in [7, 11) is 0. The van der Waals surface area contributed by atoms with E-state index in [1.165, 1.54) is 13.0 Å². The van der Waals surface area contributed by atoms with Gasteiger partial charge in [-0.1, -0.05) is 22.8 Å². The van der Waals surface area contributed by atoms with Gasteiger partial charge in [0.1, 0.15) is 5.75 Å². The number of ether oxygens (including phenoxy) is 1. The van der Waals surface area contributed by atoms with Crippen LogP contribution in [0.15, 0.2) is 52.7 Å². The molecule has 0 aliphatic heterocycles. The second-order valence-electron chi connectivity index (χ2n) is 5.00. The summed E-state index contributed by atoms with van der Waals surface area (Å²) in [5.41, 5.74) is 0.696. The molecule has 0 bridgehead atoms. The second-order valence-corrected chi connectivity index (χ2v) is 5.41. The molecule has 0 spiro atoms. The Bertz CT molecular complexity index is 938. The normalized spacial score (nSPS) is 11.4. The average molecular weight is 358 g/mol. The molecule has 8 heteroatoms. The van der Waals surface area contributed by atoms with Gasteiger partial charge in [0.05, 0.1) is 5.02 Å². The molecule has 0 saturated carbocycles. The Morgan fingerprint density at radius 1 is 1.32 bits per heavy atom. The minimum Gasteiger partial charge on any atom is -0.478 e. The van der Waals surface area contributed by atoms with E-state index in [1.807, 2.05) is 0 Å². The van der Waals surface area contributed by atoms with Crippen molar-refractivity contribution in [1.82, 2.24) is 15.1 Å². The minimum atomic E-state index is -1.06. The number of hydrogen-bond acceptors (Lipinski definition) is 6. The number of rotatable bonds is 5. The monoisotopic (exact) mass is 357 g/mol. The largest absolute Gasteiger partial charge is 0.478 e. The van der Waals surface area contributed by atoms with Gasteiger partial charge in [-0.2, -0.15) is 4.98 Å². The van der Waals surface area contributed by atoms with Crippen molar-refractivity contribution in [3.8, 4) is 23.0 Å². The number of halogens is 1. The van der Waals surface area contributed by atoms with Crippen LogP contribution < -0.4 is 4.74 Å². The first kappa shape index (κ1) is 16.7. The smallest absolute Gasteiger partial charge is 0.331 e. The van der Waals surface area contributed by atoms with Crippen molar-refractivity contribution in [3.63, 3.8) is 0 Å². The van der Waals surface area contributed by atoms with Crippen LogP contribution in [0.5, 0.6) is 11.6 Å². The van der Waals surface area contributed by atoms with Crippen LogP contribution in [0.3, 0.4) is 0 Å². The lowest BCUT2D eigenvalue weighted by atomic mass is 10.2. The highest BCUT2D eigenvalue weighted by Gasteiger charge is 2.12. The fourth-order valence-electron chi connectivity index (χ4n) is 1.90. The second kappa shape index (κ2) is 7.14. The molecule has 25 heavy (non-hydrogen) atoms. The van der Waals surface area contributed by atoms with E-state index in [0.717, 1.165) is 0 Å². The predicted octanol–water partition coefficient (Wildman–Crippen LogP) is 4.07. The third kappa shape index (κ3) is 4.02. The van der Waals surface area contributed by atoms with E-state index in [9.17, 15) is 4.79 Å². The van der Waals surface area contributed by atoms with E-state index in [1.54, 1.807) is 42.6 Å². The lowest BCUT2D eigenvalue weighted by molar-refractivity contribution is -0.132. The lowest BCUT2D eigenvalue weighted by Gasteiger charge is -2.06. The molecule has 0 amide bonds. The molecule has 2 heterocycles. The molecule has 0 fully saturated rings. The van der Waals surface area contributed by atoms with E-state index >= 15 is 0 Å². The predicted molar refractivity (Wildman–Crippen MR) is 90.3 cm³/mol. The van der Waals surface area contributed by atoms with E-state index < -0.39 is 5.97 Å². The van der Waals surface area contributed by atoms with Crippen LogP contribution in [0.1, 0.15) is 12.8 Å². The summed E-state index contributed by atoms with van der Waals surface area (Å²) in [4.78, 5) is 19.0. The molecule has 7 nitrogen and oxygen atoms in total. The van der Waals surface area contributed by atoms with Crippen LogP contribution in [0.2, 0.25) is 5.02 Å². The van der Waals surface area contributed by atoms with Crippen molar-refractivity contribution in [2.45, 2.75) is 6.92 Å². The zero-order valence-corrected chi connectivity index (χ0v) is 13.8. The topological polar surface area (TPSA) is 98.3 Å². The fourth-order valence-corrected chi connectivity index (χ4v) is 2.12. The number of aliphatic carboxylic acids is 1. The molecule has 1 N–H and O–H groups in total. The molecule has 1 aromatic carbocycles. The first-order valence-corrected chi connectivity index (χ1v) is 7.55. The molecule has 0 atom stereocenters. The van der Waals surface area contributed by atoms with E-state index in [2.05, 4.69) is 15.1 Å². The Kier molecular flexibility index (Phi) is 4.76. The summed E-state index contributed by atoms with van der Waals surface area (Å²) < 4.78 is 10.6. The van der Waals surface area contributed by atoms with E-state index in [0.29, 0.717) is 22.2 Å². The molecular formula is C17H12ClN3O4. The van der Waals surface area contributed by atoms with Gasteiger partial charge in [-0.05, 0) is 31.2 Å². The summed E-state index contributed by atoms with van der Waals surface area (Å²) in [6.45, 7) is 1.44. The summed E-state index contributed by atoms with van der Waals surface area (Å²) in [6.07, 6.45) is 2.91. The third-order valence-electron chi connectivity index (χ3n) is 3.16. The van der Waals surface area contributed by atoms with Gasteiger partial charge in [0.15, 0.2) is 0 Å². The van der Waals surface area contributed by atoms with Crippen molar-refractivity contribution in [2.24, 2.45) is 0 Å². The molecule has 3 aromatic rings. The summed E-state index contributed by atoms with van der Waals surface area (Å²) in [5.74, 6) is 0.192. The molecule has 126 valence electrons. The van der Waals surface area contributed by atoms with Gasteiger partial charge in [-0.25, -0.2) is 9.78 Å². The zero-order chi connectivity index (χ0) is 17.8. The Labute approximate surface area is 147 Å². The highest BCUT2D eigenvalue weighted by atomic mass is 35.5. The number of aromatic nitrogens is 3. The van der Waals surface area contributed by atoms with Crippen LogP contribution >= 0.6 is 11.6 Å². The molecule has 2 aromatic heterocycles. The number of benzene rings is 1. The SMILES string of the molecule is CC(=Cc1nc(-c2ccc(Oc3ccccn3)c(Cl)c2)no1)C(=O)O. The maximum atomic E-state index is 10.8. The molecule has 3 rings (SSSR count). The van der Waals surface area contributed by atoms with Crippen molar-refractivity contribution < 1.29 is 19.2 Å². The maximum Gasteiger partial charge on any atom is 0.331 e. The molecule has 0 radical (unpaired) electrons. The van der Waals surface area contributed by atoms with E-state index in [-0.39, 0.29) is 17.3 Å². The van der Waals surface area contributed by atoms with Gasteiger partial charge in [0, 0.05) is 29.5 Å². The molecule has 0 aliphatic carbocycles. The minimum absolute atomic E-state index is 0.0901. The number of hydrogen-bond donors (Lipinski definition) is 1. The van der Waals surface area contributed by atoms with Gasteiger partial charge in [-0.3, -0.25) is 0 Å². The molecular weight excluding hydrogens is 346 g/mol. The Morgan fingerprint density at radius 3 is 2.84 bits per heavy atom. The molecule has 0 unspecified atom stereocenters. The average Bonchev–Trinajstić information content (AvgIpc) is 3.06. The van der Waals surface area contributed by atoms with Crippen molar-refractivity contribution in [1.29, 1.82) is 0 Å². The summed E-state index contributed by atoms with van der Waals surface area (Å²) in [5, 5.41) is 13.0. The third-order valence-corrected chi connectivity index (χ3v) is 3.46. The van der Waals surface area contributed by atoms with Crippen LogP contribution in [0, 0.1) is 0 Å². The van der Waals surface area contributed by atoms with Gasteiger partial charge in [-0.15, -0.1) is 0 Å². The van der Waals surface area contributed by atoms with Crippen LogP contribution in [0.25, 0.3) is 17.5 Å². The number of pyridine rings is 1. The van der Waals surface area contributed by atoms with Gasteiger partial charge >= 0.3 is 5.97 Å². The van der Waals surface area contributed by atoms with Crippen LogP contribution in [-0.2, 0) is 4.79 Å². The number of carboxylic acids is 1. The maximum absolute atomic E-state index is 10.8. The standard InChI is InChI=1S/C17H12ClN3O4/c1-10(17(22)23)8-15-20-16(21-25-15)11-5-6-13(12(18)9-11)24-14-4-2-3-7-19-14/h2-9H,1H3,(H,22,23). The highest BCUT2D eigenvalue weighted by Crippen LogP contribution is 2.32. The van der Waals surface area contributed by atoms with Crippen molar-refractivity contribution in [2.75, 3.05) is 0 Å². The summed E-state index contributed by atoms with van der Waals surface area (Å²) >= 11 is 6.23. The quantitative estimate of drug-likeness (QED) is 0.687. The Hall–Kier alpha value is -3.19. The Balaban J connectivity index is 1.82. The number of carbonyl (C=O) groups is 1. The van der Waals surface area contributed by atoms with Crippen molar-refractivity contribution in [3.05, 3.63) is 59.1 Å². The molecule has 0 saturated heterocycles. The van der Waals surface area contributed by atoms with Crippen molar-refractivity contribution >= 4 is 23.6 Å². The lowest BCUT2D eigenvalue weighted by Crippen LogP contribution is -1.95. The Morgan fingerprint density at radius 2 is 2.16 bits per heavy atom. The number of nitrogens with zero attached hydrogens (tertiary/aromatic N) is 3. The van der Waals surface area contributed by atoms with Gasteiger partial charge < -0.3 is 14.4 Å². The van der Waals surface area contributed by atoms with Crippen LogP contribution in [0.4, 0.5) is 0 Å². The highest BCUT2D eigenvalue weighted by molar-refractivity contribution is 6.32. The van der Waals surface area contributed by atoms with Crippen LogP contribution in [-0.4, -0.2) is 26.2 Å². The fraction of sp³-hybridized carbons (Fsp3) is 0.0588. The van der Waals surface area contributed by atoms with E-state index in [4.69, 9.17) is 26.0 Å². The number of carboxylic acid groups (broad SMARTS) is 1.